The largest absolute Gasteiger partial charge is 0.465 e. The van der Waals surface area contributed by atoms with Crippen LogP contribution in [0, 0.1) is 6.92 Å². The van der Waals surface area contributed by atoms with Crippen molar-refractivity contribution in [3.8, 4) is 11.5 Å². The summed E-state index contributed by atoms with van der Waals surface area (Å²) in [6, 6.07) is 21.2. The Bertz CT molecular complexity index is 964. The number of carbonyl (C=O) groups is 2. The van der Waals surface area contributed by atoms with Gasteiger partial charge in [0.05, 0.1) is 18.4 Å². The average molecular weight is 361 g/mol. The van der Waals surface area contributed by atoms with Crippen molar-refractivity contribution in [1.82, 2.24) is 0 Å². The molecule has 136 valence electrons. The molecular formula is C22H19NO4. The van der Waals surface area contributed by atoms with Gasteiger partial charge in [0.1, 0.15) is 11.5 Å². The molecule has 0 unspecified atom stereocenters. The monoisotopic (exact) mass is 361 g/mol. The number of anilines is 1. The smallest absolute Gasteiger partial charge is 0.339 e. The zero-order valence-corrected chi connectivity index (χ0v) is 15.1. The number of nitrogens with one attached hydrogen (secondary N) is 1. The molecule has 0 heterocycles. The number of aryl methyl sites for hydroxylation is 1. The molecule has 0 aliphatic heterocycles. The van der Waals surface area contributed by atoms with E-state index in [1.165, 1.54) is 7.11 Å². The number of carbonyl (C=O) groups excluding carboxylic acids is 2. The van der Waals surface area contributed by atoms with Crippen molar-refractivity contribution >= 4 is 17.6 Å². The number of rotatable bonds is 5. The van der Waals surface area contributed by atoms with Gasteiger partial charge < -0.3 is 14.8 Å². The third-order valence-electron chi connectivity index (χ3n) is 3.92. The van der Waals surface area contributed by atoms with Gasteiger partial charge in [-0.15, -0.1) is 0 Å². The molecule has 1 amide bonds. The van der Waals surface area contributed by atoms with Gasteiger partial charge in [0.2, 0.25) is 0 Å². The maximum Gasteiger partial charge on any atom is 0.339 e. The molecule has 0 saturated carbocycles. The minimum Gasteiger partial charge on any atom is -0.465 e. The quantitative estimate of drug-likeness (QED) is 0.661. The molecule has 0 radical (unpaired) electrons. The Labute approximate surface area is 157 Å². The van der Waals surface area contributed by atoms with E-state index in [1.54, 1.807) is 48.5 Å². The van der Waals surface area contributed by atoms with Crippen LogP contribution in [-0.4, -0.2) is 19.0 Å². The molecular weight excluding hydrogens is 342 g/mol. The third kappa shape index (κ3) is 4.52. The molecule has 5 heteroatoms. The molecule has 0 bridgehead atoms. The number of ether oxygens (including phenoxy) is 2. The highest BCUT2D eigenvalue weighted by molar-refractivity contribution is 6.08. The summed E-state index contributed by atoms with van der Waals surface area (Å²) in [5.41, 5.74) is 2.25. The number of methoxy groups -OCH3 is 1. The number of para-hydroxylation sites is 1. The van der Waals surface area contributed by atoms with Crippen molar-refractivity contribution in [1.29, 1.82) is 0 Å². The molecule has 0 fully saturated rings. The van der Waals surface area contributed by atoms with E-state index in [0.717, 1.165) is 11.3 Å². The summed E-state index contributed by atoms with van der Waals surface area (Å²) in [6.07, 6.45) is 0. The van der Waals surface area contributed by atoms with Crippen LogP contribution < -0.4 is 10.1 Å². The second kappa shape index (κ2) is 8.19. The molecule has 0 aliphatic rings. The van der Waals surface area contributed by atoms with Crippen LogP contribution >= 0.6 is 0 Å². The Hall–Kier alpha value is -3.60. The van der Waals surface area contributed by atoms with Crippen LogP contribution in [-0.2, 0) is 4.74 Å². The Morgan fingerprint density at radius 3 is 2.30 bits per heavy atom. The molecule has 0 spiro atoms. The van der Waals surface area contributed by atoms with Crippen LogP contribution in [0.5, 0.6) is 11.5 Å². The summed E-state index contributed by atoms with van der Waals surface area (Å²) in [5, 5.41) is 2.74. The fraction of sp³-hybridized carbons (Fsp3) is 0.0909. The van der Waals surface area contributed by atoms with Crippen LogP contribution in [0.3, 0.4) is 0 Å². The van der Waals surface area contributed by atoms with E-state index in [1.807, 2.05) is 31.2 Å². The zero-order chi connectivity index (χ0) is 19.2. The predicted octanol–water partition coefficient (Wildman–Crippen LogP) is 4.83. The molecule has 0 saturated heterocycles. The van der Waals surface area contributed by atoms with Gasteiger partial charge in [-0.2, -0.15) is 0 Å². The fourth-order valence-corrected chi connectivity index (χ4v) is 2.56. The summed E-state index contributed by atoms with van der Waals surface area (Å²) >= 11 is 0. The first-order chi connectivity index (χ1) is 13.1. The first-order valence-electron chi connectivity index (χ1n) is 8.40. The van der Waals surface area contributed by atoms with Crippen LogP contribution in [0.4, 0.5) is 5.69 Å². The van der Waals surface area contributed by atoms with E-state index in [2.05, 4.69) is 5.32 Å². The highest BCUT2D eigenvalue weighted by atomic mass is 16.5. The molecule has 0 aliphatic carbocycles. The van der Waals surface area contributed by atoms with Gasteiger partial charge in [-0.1, -0.05) is 24.3 Å². The van der Waals surface area contributed by atoms with Crippen molar-refractivity contribution in [2.45, 2.75) is 6.92 Å². The molecule has 0 atom stereocenters. The molecule has 27 heavy (non-hydrogen) atoms. The van der Waals surface area contributed by atoms with E-state index in [9.17, 15) is 9.59 Å². The van der Waals surface area contributed by atoms with Crippen molar-refractivity contribution in [2.75, 3.05) is 12.4 Å². The summed E-state index contributed by atoms with van der Waals surface area (Å²) in [6.45, 7) is 1.99. The normalized spacial score (nSPS) is 10.1. The van der Waals surface area contributed by atoms with Gasteiger partial charge >= 0.3 is 5.97 Å². The Kier molecular flexibility index (Phi) is 5.52. The molecule has 3 aromatic carbocycles. The van der Waals surface area contributed by atoms with E-state index >= 15 is 0 Å². The topological polar surface area (TPSA) is 64.6 Å². The second-order valence-electron chi connectivity index (χ2n) is 5.93. The number of benzene rings is 3. The summed E-state index contributed by atoms with van der Waals surface area (Å²) in [5.74, 6) is 0.535. The molecule has 3 aromatic rings. The van der Waals surface area contributed by atoms with E-state index < -0.39 is 5.97 Å². The van der Waals surface area contributed by atoms with Crippen LogP contribution in [0.2, 0.25) is 0 Å². The molecule has 3 rings (SSSR count). The fourth-order valence-electron chi connectivity index (χ4n) is 2.56. The minimum atomic E-state index is -0.507. The van der Waals surface area contributed by atoms with Gasteiger partial charge in [-0.05, 0) is 61.0 Å². The maximum absolute atomic E-state index is 12.5. The van der Waals surface area contributed by atoms with E-state index in [4.69, 9.17) is 9.47 Å². The Morgan fingerprint density at radius 1 is 0.852 bits per heavy atom. The highest BCUT2D eigenvalue weighted by Gasteiger charge is 2.14. The lowest BCUT2D eigenvalue weighted by atomic mass is 10.1. The highest BCUT2D eigenvalue weighted by Crippen LogP contribution is 2.23. The van der Waals surface area contributed by atoms with Crippen LogP contribution in [0.15, 0.2) is 72.8 Å². The molecule has 5 nitrogen and oxygen atoms in total. The van der Waals surface area contributed by atoms with Crippen molar-refractivity contribution in [3.63, 3.8) is 0 Å². The van der Waals surface area contributed by atoms with Gasteiger partial charge in [0.15, 0.2) is 0 Å². The first kappa shape index (κ1) is 18.2. The number of hydrogen-bond acceptors (Lipinski definition) is 4. The lowest BCUT2D eigenvalue weighted by Gasteiger charge is -2.10. The lowest BCUT2D eigenvalue weighted by molar-refractivity contribution is 0.0602. The Balaban J connectivity index is 1.72. The summed E-state index contributed by atoms with van der Waals surface area (Å²) in [4.78, 5) is 24.3. The standard InChI is InChI=1S/C22H19NO4/c1-15-6-5-7-18(14-15)27-17-12-10-16(11-13-17)21(24)23-20-9-4-3-8-19(20)22(25)26-2/h3-14H,1-2H3,(H,23,24). The lowest BCUT2D eigenvalue weighted by Crippen LogP contribution is -2.15. The summed E-state index contributed by atoms with van der Waals surface area (Å²) in [7, 11) is 1.30. The van der Waals surface area contributed by atoms with E-state index in [-0.39, 0.29) is 5.91 Å². The van der Waals surface area contributed by atoms with Gasteiger partial charge in [0, 0.05) is 5.56 Å². The number of hydrogen-bond donors (Lipinski definition) is 1. The minimum absolute atomic E-state index is 0.299. The predicted molar refractivity (Wildman–Crippen MR) is 103 cm³/mol. The molecule has 0 aromatic heterocycles. The average Bonchev–Trinajstić information content (AvgIpc) is 2.68. The number of esters is 1. The SMILES string of the molecule is COC(=O)c1ccccc1NC(=O)c1ccc(Oc2cccc(C)c2)cc1. The number of amides is 1. The third-order valence-corrected chi connectivity index (χ3v) is 3.92. The molecule has 1 N–H and O–H groups in total. The van der Waals surface area contributed by atoms with Crippen molar-refractivity contribution in [3.05, 3.63) is 89.5 Å². The van der Waals surface area contributed by atoms with Gasteiger partial charge in [-0.3, -0.25) is 4.79 Å². The summed E-state index contributed by atoms with van der Waals surface area (Å²) < 4.78 is 10.5. The second-order valence-corrected chi connectivity index (χ2v) is 5.93. The van der Waals surface area contributed by atoms with Gasteiger partial charge in [-0.25, -0.2) is 4.79 Å². The first-order valence-corrected chi connectivity index (χ1v) is 8.40. The Morgan fingerprint density at radius 2 is 1.59 bits per heavy atom. The zero-order valence-electron chi connectivity index (χ0n) is 15.1. The van der Waals surface area contributed by atoms with Crippen LogP contribution in [0.25, 0.3) is 0 Å². The van der Waals surface area contributed by atoms with Crippen molar-refractivity contribution in [2.24, 2.45) is 0 Å². The van der Waals surface area contributed by atoms with Crippen LogP contribution in [0.1, 0.15) is 26.3 Å². The maximum atomic E-state index is 12.5. The van der Waals surface area contributed by atoms with Gasteiger partial charge in [0.25, 0.3) is 5.91 Å². The van der Waals surface area contributed by atoms with Crippen molar-refractivity contribution < 1.29 is 19.1 Å². The van der Waals surface area contributed by atoms with E-state index in [0.29, 0.717) is 22.6 Å².